The molecule has 1 amide bonds. The Morgan fingerprint density at radius 2 is 2.38 bits per heavy atom. The summed E-state index contributed by atoms with van der Waals surface area (Å²) in [5.74, 6) is 0.893. The third-order valence-electron chi connectivity index (χ3n) is 3.88. The molecule has 0 aliphatic carbocycles. The molecule has 2 heterocycles. The van der Waals surface area contributed by atoms with Gasteiger partial charge in [-0.15, -0.1) is 0 Å². The van der Waals surface area contributed by atoms with E-state index in [1.807, 2.05) is 18.2 Å². The molecular formula is C16H19N3O2. The molecule has 1 aromatic rings. The zero-order chi connectivity index (χ0) is 14.8. The minimum atomic E-state index is 0.0156. The van der Waals surface area contributed by atoms with Crippen LogP contribution in [0.4, 0.5) is 5.69 Å². The van der Waals surface area contributed by atoms with Gasteiger partial charge in [-0.25, -0.2) is 0 Å². The summed E-state index contributed by atoms with van der Waals surface area (Å²) in [6, 6.07) is 6.06. The maximum absolute atomic E-state index is 11.5. The molecule has 0 saturated carbocycles. The van der Waals surface area contributed by atoms with Gasteiger partial charge in [0.1, 0.15) is 5.75 Å². The first-order valence-corrected chi connectivity index (χ1v) is 7.12. The molecule has 0 spiro atoms. The summed E-state index contributed by atoms with van der Waals surface area (Å²) in [7, 11) is 1.78. The average molecular weight is 285 g/mol. The summed E-state index contributed by atoms with van der Waals surface area (Å²) in [5, 5.41) is 3.11. The highest BCUT2D eigenvalue weighted by molar-refractivity contribution is 5.92. The molecule has 2 aliphatic heterocycles. The van der Waals surface area contributed by atoms with Crippen molar-refractivity contribution < 1.29 is 9.53 Å². The summed E-state index contributed by atoms with van der Waals surface area (Å²) >= 11 is 0. The van der Waals surface area contributed by atoms with E-state index in [4.69, 9.17) is 4.74 Å². The first-order chi connectivity index (χ1) is 10.1. The number of aliphatic imine (C=N–C) groups is 1. The molecule has 0 radical (unpaired) electrons. The molecule has 0 fully saturated rings. The van der Waals surface area contributed by atoms with Crippen molar-refractivity contribution in [3.63, 3.8) is 0 Å². The van der Waals surface area contributed by atoms with Gasteiger partial charge < -0.3 is 15.0 Å². The Bertz CT molecular complexity index is 622. The molecule has 110 valence electrons. The predicted octanol–water partition coefficient (Wildman–Crippen LogP) is 1.84. The van der Waals surface area contributed by atoms with Gasteiger partial charge in [-0.1, -0.05) is 6.08 Å². The second-order valence-corrected chi connectivity index (χ2v) is 5.30. The first-order valence-electron chi connectivity index (χ1n) is 7.12. The van der Waals surface area contributed by atoms with Crippen molar-refractivity contribution in [2.45, 2.75) is 19.4 Å². The lowest BCUT2D eigenvalue weighted by molar-refractivity contribution is -0.116. The van der Waals surface area contributed by atoms with Gasteiger partial charge in [0.2, 0.25) is 5.91 Å². The fourth-order valence-electron chi connectivity index (χ4n) is 2.57. The second-order valence-electron chi connectivity index (χ2n) is 5.30. The number of benzene rings is 1. The number of hydrogen-bond donors (Lipinski definition) is 1. The Kier molecular flexibility index (Phi) is 3.64. The molecule has 0 bridgehead atoms. The molecule has 21 heavy (non-hydrogen) atoms. The van der Waals surface area contributed by atoms with Crippen molar-refractivity contribution in [3.8, 4) is 5.75 Å². The summed E-state index contributed by atoms with van der Waals surface area (Å²) in [4.78, 5) is 17.5. The summed E-state index contributed by atoms with van der Waals surface area (Å²) < 4.78 is 5.72. The van der Waals surface area contributed by atoms with Crippen molar-refractivity contribution in [3.05, 3.63) is 29.8 Å². The van der Waals surface area contributed by atoms with Crippen molar-refractivity contribution in [1.29, 1.82) is 0 Å². The Hall–Kier alpha value is -2.30. The van der Waals surface area contributed by atoms with Crippen LogP contribution in [-0.4, -0.2) is 38.5 Å². The van der Waals surface area contributed by atoms with E-state index < -0.39 is 0 Å². The molecule has 3 rings (SSSR count). The van der Waals surface area contributed by atoms with E-state index in [0.29, 0.717) is 6.61 Å². The van der Waals surface area contributed by atoms with Crippen LogP contribution in [0.25, 0.3) is 5.57 Å². The number of hydrogen-bond acceptors (Lipinski definition) is 4. The van der Waals surface area contributed by atoms with Gasteiger partial charge in [0, 0.05) is 38.2 Å². The Morgan fingerprint density at radius 3 is 3.10 bits per heavy atom. The van der Waals surface area contributed by atoms with Gasteiger partial charge in [-0.3, -0.25) is 9.79 Å². The molecule has 1 atom stereocenters. The lowest BCUT2D eigenvalue weighted by Gasteiger charge is -2.23. The number of rotatable bonds is 2. The quantitative estimate of drug-likeness (QED) is 0.902. The van der Waals surface area contributed by atoms with Gasteiger partial charge in [0.15, 0.2) is 0 Å². The number of carbonyl (C=O) groups is 1. The van der Waals surface area contributed by atoms with E-state index in [2.05, 4.69) is 16.4 Å². The van der Waals surface area contributed by atoms with Crippen LogP contribution in [0, 0.1) is 0 Å². The van der Waals surface area contributed by atoms with E-state index in [0.717, 1.165) is 30.0 Å². The zero-order valence-electron chi connectivity index (χ0n) is 12.3. The van der Waals surface area contributed by atoms with E-state index in [-0.39, 0.29) is 11.9 Å². The standard InChI is InChI=1S/C16H19N3O2/c1-11(20)19(2)14-3-4-16-15(8-14)12(5-6-21-16)7-13-9-17-10-18-13/h3-4,7-8,10,13H,5-6,9H2,1-2H3,(H,17,18)/b12-7+. The molecule has 2 aliphatic rings. The number of nitrogens with zero attached hydrogens (tertiary/aromatic N) is 2. The predicted molar refractivity (Wildman–Crippen MR) is 83.9 cm³/mol. The molecule has 0 saturated heterocycles. The number of ether oxygens (including phenoxy) is 1. The average Bonchev–Trinajstić information content (AvgIpc) is 2.99. The van der Waals surface area contributed by atoms with Crippen LogP contribution in [0.3, 0.4) is 0 Å². The normalized spacial score (nSPS) is 21.6. The molecule has 5 nitrogen and oxygen atoms in total. The van der Waals surface area contributed by atoms with Crippen molar-refractivity contribution in [1.82, 2.24) is 5.32 Å². The summed E-state index contributed by atoms with van der Waals surface area (Å²) in [6.45, 7) is 3.09. The van der Waals surface area contributed by atoms with E-state index in [1.54, 1.807) is 25.2 Å². The molecule has 1 unspecified atom stereocenters. The summed E-state index contributed by atoms with van der Waals surface area (Å²) in [5.41, 5.74) is 3.18. The fraction of sp³-hybridized carbons (Fsp3) is 0.375. The second kappa shape index (κ2) is 5.60. The van der Waals surface area contributed by atoms with Gasteiger partial charge in [0.05, 0.1) is 19.0 Å². The lowest BCUT2D eigenvalue weighted by atomic mass is 9.97. The van der Waals surface area contributed by atoms with Crippen LogP contribution in [-0.2, 0) is 4.79 Å². The van der Waals surface area contributed by atoms with Crippen LogP contribution in [0.15, 0.2) is 29.3 Å². The third-order valence-corrected chi connectivity index (χ3v) is 3.88. The number of amides is 1. The van der Waals surface area contributed by atoms with Gasteiger partial charge in [-0.2, -0.15) is 0 Å². The Labute approximate surface area is 124 Å². The maximum Gasteiger partial charge on any atom is 0.223 e. The zero-order valence-corrected chi connectivity index (χ0v) is 12.3. The number of anilines is 1. The van der Waals surface area contributed by atoms with Gasteiger partial charge >= 0.3 is 0 Å². The van der Waals surface area contributed by atoms with E-state index in [1.165, 1.54) is 5.57 Å². The van der Waals surface area contributed by atoms with Crippen LogP contribution in [0.5, 0.6) is 5.75 Å². The van der Waals surface area contributed by atoms with Crippen LogP contribution >= 0.6 is 0 Å². The minimum absolute atomic E-state index is 0.0156. The monoisotopic (exact) mass is 285 g/mol. The smallest absolute Gasteiger partial charge is 0.223 e. The number of nitrogens with one attached hydrogen (secondary N) is 1. The minimum Gasteiger partial charge on any atom is -0.493 e. The number of fused-ring (bicyclic) bond motifs is 1. The highest BCUT2D eigenvalue weighted by Crippen LogP contribution is 2.36. The van der Waals surface area contributed by atoms with Crippen LogP contribution in [0.1, 0.15) is 18.9 Å². The van der Waals surface area contributed by atoms with E-state index >= 15 is 0 Å². The highest BCUT2D eigenvalue weighted by atomic mass is 16.5. The fourth-order valence-corrected chi connectivity index (χ4v) is 2.57. The van der Waals surface area contributed by atoms with Crippen molar-refractivity contribution >= 4 is 23.5 Å². The third kappa shape index (κ3) is 2.77. The largest absolute Gasteiger partial charge is 0.493 e. The first kappa shape index (κ1) is 13.7. The topological polar surface area (TPSA) is 53.9 Å². The molecular weight excluding hydrogens is 266 g/mol. The van der Waals surface area contributed by atoms with Crippen molar-refractivity contribution in [2.75, 3.05) is 25.1 Å². The maximum atomic E-state index is 11.5. The molecule has 5 heteroatoms. The van der Waals surface area contributed by atoms with Gasteiger partial charge in [0.25, 0.3) is 0 Å². The van der Waals surface area contributed by atoms with E-state index in [9.17, 15) is 4.79 Å². The number of carbonyl (C=O) groups excluding carboxylic acids is 1. The molecule has 1 N–H and O–H groups in total. The molecule has 1 aromatic carbocycles. The van der Waals surface area contributed by atoms with Crippen LogP contribution in [0.2, 0.25) is 0 Å². The Morgan fingerprint density at radius 1 is 1.52 bits per heavy atom. The molecule has 0 aromatic heterocycles. The van der Waals surface area contributed by atoms with Gasteiger partial charge in [-0.05, 0) is 23.8 Å². The SMILES string of the molecule is CC(=O)N(C)c1ccc2c(c1)/C(=C/C1CNC=N1)CCO2. The lowest BCUT2D eigenvalue weighted by Crippen LogP contribution is -2.23. The highest BCUT2D eigenvalue weighted by Gasteiger charge is 2.19. The Balaban J connectivity index is 1.96. The van der Waals surface area contributed by atoms with Crippen LogP contribution < -0.4 is 15.0 Å². The summed E-state index contributed by atoms with van der Waals surface area (Å²) in [6.07, 6.45) is 4.81. The van der Waals surface area contributed by atoms with Crippen molar-refractivity contribution in [2.24, 2.45) is 4.99 Å².